The van der Waals surface area contributed by atoms with Crippen LogP contribution in [0.3, 0.4) is 0 Å². The summed E-state index contributed by atoms with van der Waals surface area (Å²) in [5.41, 5.74) is 8.13. The van der Waals surface area contributed by atoms with E-state index in [0.29, 0.717) is 11.8 Å². The summed E-state index contributed by atoms with van der Waals surface area (Å²) < 4.78 is 55.4. The third kappa shape index (κ3) is 6.55. The number of likely N-dealkylation sites (N-methyl/N-ethyl adjacent to an activating group) is 1. The molecule has 4 aromatic carbocycles. The summed E-state index contributed by atoms with van der Waals surface area (Å²) in [6.07, 6.45) is -3.32. The molecular weight excluding hydrogens is 542 g/mol. The number of allylic oxidation sites excluding steroid dienone is 2. The number of alkyl halides is 3. The van der Waals surface area contributed by atoms with Crippen molar-refractivity contribution in [1.29, 1.82) is 0 Å². The monoisotopic (exact) mass is 575 g/mol. The zero-order valence-electron chi connectivity index (χ0n) is 23.7. The van der Waals surface area contributed by atoms with Gasteiger partial charge in [0.05, 0.1) is 11.3 Å². The topological polar surface area (TPSA) is 58.4 Å². The number of aryl methyl sites for hydroxylation is 1. The third-order valence-electron chi connectivity index (χ3n) is 7.42. The normalized spacial score (nSPS) is 12.7. The molecule has 0 aromatic heterocycles. The van der Waals surface area contributed by atoms with Crippen molar-refractivity contribution in [3.05, 3.63) is 131 Å². The van der Waals surface area contributed by atoms with Gasteiger partial charge < -0.3 is 16.0 Å². The molecule has 4 aromatic rings. The molecule has 0 fully saturated rings. The number of hydrogen-bond donors (Lipinski definition) is 2. The van der Waals surface area contributed by atoms with Crippen LogP contribution in [0, 0.1) is 5.82 Å². The molecule has 0 radical (unpaired) electrons. The highest BCUT2D eigenvalue weighted by Gasteiger charge is 2.32. The highest BCUT2D eigenvalue weighted by atomic mass is 19.4. The molecule has 3 N–H and O–H groups in total. The molecule has 1 amide bonds. The minimum atomic E-state index is -4.76. The summed E-state index contributed by atoms with van der Waals surface area (Å²) in [5.74, 6) is -1.80. The van der Waals surface area contributed by atoms with Crippen molar-refractivity contribution < 1.29 is 22.4 Å². The van der Waals surface area contributed by atoms with Crippen LogP contribution in [0.4, 0.5) is 28.9 Å². The fourth-order valence-corrected chi connectivity index (χ4v) is 5.01. The Morgan fingerprint density at radius 2 is 1.79 bits per heavy atom. The summed E-state index contributed by atoms with van der Waals surface area (Å²) in [4.78, 5) is 14.8. The van der Waals surface area contributed by atoms with Crippen LogP contribution in [0.1, 0.15) is 42.0 Å². The number of carbonyl (C=O) groups excluding carboxylic acids is 1. The molecule has 0 saturated carbocycles. The summed E-state index contributed by atoms with van der Waals surface area (Å²) in [6, 6.07) is 23.4. The van der Waals surface area contributed by atoms with E-state index in [4.69, 9.17) is 5.73 Å². The van der Waals surface area contributed by atoms with Crippen LogP contribution in [0.2, 0.25) is 0 Å². The molecule has 1 unspecified atom stereocenters. The number of rotatable bonds is 9. The Morgan fingerprint density at radius 1 is 1.05 bits per heavy atom. The Labute approximate surface area is 243 Å². The van der Waals surface area contributed by atoms with Gasteiger partial charge in [-0.15, -0.1) is 0 Å². The van der Waals surface area contributed by atoms with Gasteiger partial charge in [-0.05, 0) is 69.8 Å². The molecule has 0 bridgehead atoms. The first kappa shape index (κ1) is 30.5. The SMILES string of the molecule is C=C(/C=C(/C(=O)Nc1cc(C(C)c2c(CC)ccc3ccccc23)ccc1F)N(C)c1cccc(CN)c1)C(F)(F)F. The second-order valence-corrected chi connectivity index (χ2v) is 10.1. The lowest BCUT2D eigenvalue weighted by atomic mass is 9.85. The number of fused-ring (bicyclic) bond motifs is 1. The van der Waals surface area contributed by atoms with E-state index in [1.54, 1.807) is 30.3 Å². The van der Waals surface area contributed by atoms with Gasteiger partial charge in [-0.3, -0.25) is 4.79 Å². The Balaban J connectivity index is 1.73. The summed E-state index contributed by atoms with van der Waals surface area (Å²) in [7, 11) is 1.45. The Bertz CT molecular complexity index is 1660. The number of benzene rings is 4. The quantitative estimate of drug-likeness (QED) is 0.120. The van der Waals surface area contributed by atoms with Crippen LogP contribution < -0.4 is 16.0 Å². The molecule has 1 atom stereocenters. The number of amides is 1. The van der Waals surface area contributed by atoms with E-state index in [1.807, 2.05) is 31.2 Å². The van der Waals surface area contributed by atoms with Gasteiger partial charge >= 0.3 is 6.18 Å². The maximum Gasteiger partial charge on any atom is 0.415 e. The van der Waals surface area contributed by atoms with Gasteiger partial charge in [0.1, 0.15) is 11.5 Å². The lowest BCUT2D eigenvalue weighted by Gasteiger charge is -2.24. The Hall–Kier alpha value is -4.43. The van der Waals surface area contributed by atoms with Crippen LogP contribution >= 0.6 is 0 Å². The zero-order chi connectivity index (χ0) is 30.6. The lowest BCUT2D eigenvalue weighted by Crippen LogP contribution is -2.29. The van der Waals surface area contributed by atoms with Gasteiger partial charge in [0.2, 0.25) is 0 Å². The smallest absolute Gasteiger partial charge is 0.340 e. The second-order valence-electron chi connectivity index (χ2n) is 10.1. The van der Waals surface area contributed by atoms with E-state index in [2.05, 4.69) is 31.0 Å². The summed E-state index contributed by atoms with van der Waals surface area (Å²) in [5, 5.41) is 4.66. The van der Waals surface area contributed by atoms with Crippen molar-refractivity contribution in [2.45, 2.75) is 38.9 Å². The van der Waals surface area contributed by atoms with Gasteiger partial charge in [-0.2, -0.15) is 13.2 Å². The number of nitrogens with two attached hydrogens (primary N) is 1. The third-order valence-corrected chi connectivity index (χ3v) is 7.42. The minimum absolute atomic E-state index is 0.143. The Morgan fingerprint density at radius 3 is 2.48 bits per heavy atom. The molecule has 8 heteroatoms. The molecule has 4 nitrogen and oxygen atoms in total. The number of halogens is 4. The van der Waals surface area contributed by atoms with Crippen molar-refractivity contribution in [1.82, 2.24) is 0 Å². The molecule has 0 aliphatic rings. The van der Waals surface area contributed by atoms with Crippen LogP contribution in [0.15, 0.2) is 103 Å². The minimum Gasteiger partial charge on any atom is -0.340 e. The average molecular weight is 576 g/mol. The van der Waals surface area contributed by atoms with Crippen molar-refractivity contribution in [2.75, 3.05) is 17.3 Å². The fourth-order valence-electron chi connectivity index (χ4n) is 5.01. The number of nitrogens with zero attached hydrogens (tertiary/aromatic N) is 1. The molecule has 0 aliphatic heterocycles. The van der Waals surface area contributed by atoms with E-state index in [1.165, 1.54) is 24.1 Å². The molecule has 4 rings (SSSR count). The van der Waals surface area contributed by atoms with E-state index in [-0.39, 0.29) is 23.8 Å². The highest BCUT2D eigenvalue weighted by molar-refractivity contribution is 6.06. The molecule has 42 heavy (non-hydrogen) atoms. The highest BCUT2D eigenvalue weighted by Crippen LogP contribution is 2.35. The number of nitrogens with one attached hydrogen (secondary N) is 1. The van der Waals surface area contributed by atoms with Gasteiger partial charge in [-0.25, -0.2) is 4.39 Å². The van der Waals surface area contributed by atoms with Crippen LogP contribution in [-0.4, -0.2) is 19.1 Å². The number of carbonyl (C=O) groups is 1. The van der Waals surface area contributed by atoms with E-state index >= 15 is 4.39 Å². The van der Waals surface area contributed by atoms with Gasteiger partial charge in [0.25, 0.3) is 5.91 Å². The van der Waals surface area contributed by atoms with Gasteiger partial charge in [-0.1, -0.05) is 75.0 Å². The second kappa shape index (κ2) is 12.6. The predicted molar refractivity (Wildman–Crippen MR) is 162 cm³/mol. The first-order valence-corrected chi connectivity index (χ1v) is 13.6. The maximum atomic E-state index is 15.1. The van der Waals surface area contributed by atoms with E-state index in [9.17, 15) is 18.0 Å². The van der Waals surface area contributed by atoms with Crippen molar-refractivity contribution in [3.8, 4) is 0 Å². The molecule has 0 saturated heterocycles. The first-order chi connectivity index (χ1) is 19.9. The van der Waals surface area contributed by atoms with Crippen LogP contribution in [-0.2, 0) is 17.8 Å². The van der Waals surface area contributed by atoms with E-state index < -0.39 is 23.5 Å². The summed E-state index contributed by atoms with van der Waals surface area (Å²) in [6.45, 7) is 7.37. The van der Waals surface area contributed by atoms with Crippen molar-refractivity contribution in [2.24, 2.45) is 5.73 Å². The van der Waals surface area contributed by atoms with Gasteiger partial charge in [0.15, 0.2) is 0 Å². The molecule has 0 heterocycles. The van der Waals surface area contributed by atoms with Gasteiger partial charge in [0, 0.05) is 25.2 Å². The standard InChI is InChI=1S/C34H33F4N3O/c1-5-24-13-14-25-10-6-7-12-28(25)32(24)22(3)26-15-16-29(35)30(19-26)40-33(42)31(17-21(2)34(36,37)38)41(4)27-11-8-9-23(18-27)20-39/h6-19,22H,2,5,20,39H2,1,3-4H3,(H,40,42)/b31-17-. The van der Waals surface area contributed by atoms with Crippen LogP contribution in [0.25, 0.3) is 10.8 Å². The molecule has 0 aliphatic carbocycles. The lowest BCUT2D eigenvalue weighted by molar-refractivity contribution is -0.113. The first-order valence-electron chi connectivity index (χ1n) is 13.6. The molecule has 0 spiro atoms. The predicted octanol–water partition coefficient (Wildman–Crippen LogP) is 8.23. The molecule has 218 valence electrons. The number of anilines is 2. The van der Waals surface area contributed by atoms with Crippen molar-refractivity contribution >= 4 is 28.1 Å². The fraction of sp³-hybridized carbons (Fsp3) is 0.206. The molecular formula is C34H33F4N3O. The van der Waals surface area contributed by atoms with E-state index in [0.717, 1.165) is 39.4 Å². The zero-order valence-corrected chi connectivity index (χ0v) is 23.7. The maximum absolute atomic E-state index is 15.1. The Kier molecular flexibility index (Phi) is 9.17. The largest absolute Gasteiger partial charge is 0.415 e. The van der Waals surface area contributed by atoms with Crippen molar-refractivity contribution in [3.63, 3.8) is 0 Å². The van der Waals surface area contributed by atoms with Crippen LogP contribution in [0.5, 0.6) is 0 Å². The summed E-state index contributed by atoms with van der Waals surface area (Å²) >= 11 is 0. The number of hydrogen-bond acceptors (Lipinski definition) is 3. The average Bonchev–Trinajstić information content (AvgIpc) is 2.98.